The van der Waals surface area contributed by atoms with Gasteiger partial charge < -0.3 is 4.74 Å². The van der Waals surface area contributed by atoms with Gasteiger partial charge in [-0.15, -0.1) is 0 Å². The SMILES string of the molecule is COc1cc(CS(=O)(=O)Cl)cc(F)c1C. The van der Waals surface area contributed by atoms with Crippen molar-refractivity contribution in [1.29, 1.82) is 0 Å². The molecule has 0 atom stereocenters. The highest BCUT2D eigenvalue weighted by molar-refractivity contribution is 8.13. The van der Waals surface area contributed by atoms with Crippen LogP contribution in [-0.4, -0.2) is 15.5 Å². The Hall–Kier alpha value is -0.810. The van der Waals surface area contributed by atoms with Crippen LogP contribution < -0.4 is 4.74 Å². The number of halogens is 2. The zero-order chi connectivity index (χ0) is 11.6. The molecule has 0 fully saturated rings. The van der Waals surface area contributed by atoms with Crippen LogP contribution >= 0.6 is 10.7 Å². The molecule has 1 rings (SSSR count). The van der Waals surface area contributed by atoms with Crippen LogP contribution in [-0.2, 0) is 14.8 Å². The third-order valence-electron chi connectivity index (χ3n) is 1.92. The summed E-state index contributed by atoms with van der Waals surface area (Å²) < 4.78 is 39.8. The Morgan fingerprint density at radius 1 is 1.47 bits per heavy atom. The second-order valence-corrected chi connectivity index (χ2v) is 5.87. The first-order valence-corrected chi connectivity index (χ1v) is 6.56. The molecular weight excluding hydrogens is 243 g/mol. The van der Waals surface area contributed by atoms with Crippen LogP contribution in [0.2, 0.25) is 0 Å². The molecule has 84 valence electrons. The maximum absolute atomic E-state index is 13.3. The summed E-state index contributed by atoms with van der Waals surface area (Å²) in [7, 11) is 2.77. The van der Waals surface area contributed by atoms with Crippen LogP contribution in [0.3, 0.4) is 0 Å². The number of rotatable bonds is 3. The van der Waals surface area contributed by atoms with Crippen molar-refractivity contribution in [2.24, 2.45) is 0 Å². The lowest BCUT2D eigenvalue weighted by Crippen LogP contribution is -1.99. The fourth-order valence-electron chi connectivity index (χ4n) is 1.20. The van der Waals surface area contributed by atoms with Gasteiger partial charge in [-0.3, -0.25) is 0 Å². The van der Waals surface area contributed by atoms with Gasteiger partial charge in [-0.1, -0.05) is 0 Å². The van der Waals surface area contributed by atoms with E-state index in [2.05, 4.69) is 0 Å². The average Bonchev–Trinajstić information content (AvgIpc) is 2.08. The standard InChI is InChI=1S/C9H10ClFO3S/c1-6-8(11)3-7(4-9(6)14-2)5-15(10,12)13/h3-4H,5H2,1-2H3. The molecule has 1 aromatic rings. The first-order chi connectivity index (χ1) is 6.83. The minimum Gasteiger partial charge on any atom is -0.496 e. The first kappa shape index (κ1) is 12.3. The van der Waals surface area contributed by atoms with E-state index in [1.54, 1.807) is 6.92 Å². The molecule has 0 spiro atoms. The lowest BCUT2D eigenvalue weighted by Gasteiger charge is -2.07. The summed E-state index contributed by atoms with van der Waals surface area (Å²) in [5.41, 5.74) is 0.609. The van der Waals surface area contributed by atoms with Gasteiger partial charge in [0.15, 0.2) is 0 Å². The molecule has 1 aromatic carbocycles. The van der Waals surface area contributed by atoms with Crippen molar-refractivity contribution in [2.45, 2.75) is 12.7 Å². The fraction of sp³-hybridized carbons (Fsp3) is 0.333. The van der Waals surface area contributed by atoms with Crippen LogP contribution in [0.25, 0.3) is 0 Å². The average molecular weight is 253 g/mol. The van der Waals surface area contributed by atoms with Crippen LogP contribution in [0.4, 0.5) is 4.39 Å². The maximum atomic E-state index is 13.3. The first-order valence-electron chi connectivity index (χ1n) is 4.09. The van der Waals surface area contributed by atoms with E-state index in [-0.39, 0.29) is 5.56 Å². The van der Waals surface area contributed by atoms with E-state index < -0.39 is 20.6 Å². The van der Waals surface area contributed by atoms with Crippen molar-refractivity contribution in [1.82, 2.24) is 0 Å². The topological polar surface area (TPSA) is 43.4 Å². The van der Waals surface area contributed by atoms with Gasteiger partial charge in [0.25, 0.3) is 0 Å². The van der Waals surface area contributed by atoms with E-state index in [0.29, 0.717) is 11.3 Å². The van der Waals surface area contributed by atoms with Gasteiger partial charge in [-0.25, -0.2) is 12.8 Å². The summed E-state index contributed by atoms with van der Waals surface area (Å²) in [6, 6.07) is 2.59. The summed E-state index contributed by atoms with van der Waals surface area (Å²) in [6.45, 7) is 1.55. The number of ether oxygens (including phenoxy) is 1. The molecule has 0 unspecified atom stereocenters. The molecule has 0 saturated carbocycles. The largest absolute Gasteiger partial charge is 0.496 e. The quantitative estimate of drug-likeness (QED) is 0.775. The third kappa shape index (κ3) is 3.35. The highest BCUT2D eigenvalue weighted by Crippen LogP contribution is 2.24. The summed E-state index contributed by atoms with van der Waals surface area (Å²) in [5, 5.41) is 0. The zero-order valence-corrected chi connectivity index (χ0v) is 9.82. The molecule has 3 nitrogen and oxygen atoms in total. The highest BCUT2D eigenvalue weighted by Gasteiger charge is 2.12. The van der Waals surface area contributed by atoms with Crippen molar-refractivity contribution in [3.8, 4) is 5.75 Å². The summed E-state index contributed by atoms with van der Waals surface area (Å²) in [6.07, 6.45) is 0. The van der Waals surface area contributed by atoms with Gasteiger partial charge in [0.1, 0.15) is 11.6 Å². The van der Waals surface area contributed by atoms with Gasteiger partial charge in [0, 0.05) is 16.2 Å². The Balaban J connectivity index is 3.17. The Kier molecular flexibility index (Phi) is 3.57. The van der Waals surface area contributed by atoms with E-state index in [4.69, 9.17) is 15.4 Å². The predicted octanol–water partition coefficient (Wildman–Crippen LogP) is 2.21. The lowest BCUT2D eigenvalue weighted by atomic mass is 10.1. The molecule has 0 heterocycles. The zero-order valence-electron chi connectivity index (χ0n) is 8.25. The molecule has 0 bridgehead atoms. The number of methoxy groups -OCH3 is 1. The second kappa shape index (κ2) is 4.37. The highest BCUT2D eigenvalue weighted by atomic mass is 35.7. The predicted molar refractivity (Wildman–Crippen MR) is 56.2 cm³/mol. The minimum atomic E-state index is -3.68. The van der Waals surface area contributed by atoms with E-state index in [0.717, 1.165) is 6.07 Å². The number of hydrogen-bond donors (Lipinski definition) is 0. The van der Waals surface area contributed by atoms with Crippen molar-refractivity contribution in [3.05, 3.63) is 29.1 Å². The van der Waals surface area contributed by atoms with E-state index in [9.17, 15) is 12.8 Å². The Bertz CT molecular complexity index is 470. The summed E-state index contributed by atoms with van der Waals surface area (Å²) in [4.78, 5) is 0. The lowest BCUT2D eigenvalue weighted by molar-refractivity contribution is 0.406. The smallest absolute Gasteiger partial charge is 0.236 e. The van der Waals surface area contributed by atoms with Crippen LogP contribution in [0.5, 0.6) is 5.75 Å². The number of benzene rings is 1. The van der Waals surface area contributed by atoms with Crippen LogP contribution in [0, 0.1) is 12.7 Å². The van der Waals surface area contributed by atoms with Crippen molar-refractivity contribution < 1.29 is 17.5 Å². The van der Waals surface area contributed by atoms with Crippen LogP contribution in [0.15, 0.2) is 12.1 Å². The molecule has 15 heavy (non-hydrogen) atoms. The fourth-order valence-corrected chi connectivity index (χ4v) is 2.14. The van der Waals surface area contributed by atoms with Gasteiger partial charge >= 0.3 is 0 Å². The summed E-state index contributed by atoms with van der Waals surface area (Å²) in [5.74, 6) is -0.614. The third-order valence-corrected chi connectivity index (χ3v) is 2.92. The molecular formula is C9H10ClFO3S. The van der Waals surface area contributed by atoms with E-state index in [1.807, 2.05) is 0 Å². The van der Waals surface area contributed by atoms with Crippen molar-refractivity contribution >= 4 is 19.7 Å². The molecule has 0 amide bonds. The molecule has 0 radical (unpaired) electrons. The van der Waals surface area contributed by atoms with Gasteiger partial charge in [-0.2, -0.15) is 0 Å². The molecule has 0 aliphatic carbocycles. The van der Waals surface area contributed by atoms with Crippen LogP contribution in [0.1, 0.15) is 11.1 Å². The van der Waals surface area contributed by atoms with Crippen molar-refractivity contribution in [3.63, 3.8) is 0 Å². The minimum absolute atomic E-state index is 0.268. The van der Waals surface area contributed by atoms with Gasteiger partial charge in [-0.05, 0) is 24.6 Å². The second-order valence-electron chi connectivity index (χ2n) is 3.09. The Morgan fingerprint density at radius 3 is 2.53 bits per heavy atom. The van der Waals surface area contributed by atoms with Gasteiger partial charge in [0.2, 0.25) is 9.05 Å². The Labute approximate surface area is 92.2 Å². The monoisotopic (exact) mass is 252 g/mol. The molecule has 0 aromatic heterocycles. The Morgan fingerprint density at radius 2 is 2.07 bits per heavy atom. The maximum Gasteiger partial charge on any atom is 0.236 e. The molecule has 0 aliphatic rings. The van der Waals surface area contributed by atoms with E-state index in [1.165, 1.54) is 13.2 Å². The van der Waals surface area contributed by atoms with E-state index >= 15 is 0 Å². The summed E-state index contributed by atoms with van der Waals surface area (Å²) >= 11 is 0. The number of hydrogen-bond acceptors (Lipinski definition) is 3. The molecule has 0 aliphatic heterocycles. The van der Waals surface area contributed by atoms with Crippen molar-refractivity contribution in [2.75, 3.05) is 7.11 Å². The molecule has 0 saturated heterocycles. The normalized spacial score (nSPS) is 11.5. The van der Waals surface area contributed by atoms with Gasteiger partial charge in [0.05, 0.1) is 12.9 Å². The molecule has 6 heteroatoms. The molecule has 0 N–H and O–H groups in total.